The quantitative estimate of drug-likeness (QED) is 0.690. The standard InChI is InChI=1S/C12H10BrN3O3/c1-7-5-6-15-12(11(7)14)19-9-4-2-3-8(10(9)13)16(17)18/h2-6H,14H2,1H3. The number of nitrogen functional groups attached to an aromatic ring is 1. The molecule has 1 heterocycles. The average molecular weight is 324 g/mol. The van der Waals surface area contributed by atoms with Crippen molar-refractivity contribution in [2.75, 3.05) is 5.73 Å². The number of halogens is 1. The summed E-state index contributed by atoms with van der Waals surface area (Å²) >= 11 is 3.15. The Hall–Kier alpha value is -2.15. The van der Waals surface area contributed by atoms with Gasteiger partial charge in [-0.3, -0.25) is 10.1 Å². The lowest BCUT2D eigenvalue weighted by Gasteiger charge is -2.10. The van der Waals surface area contributed by atoms with Gasteiger partial charge in [0.05, 0.1) is 10.6 Å². The molecule has 0 aliphatic carbocycles. The van der Waals surface area contributed by atoms with Gasteiger partial charge in [-0.05, 0) is 40.5 Å². The minimum absolute atomic E-state index is 0.0799. The third-order valence-electron chi connectivity index (χ3n) is 2.52. The molecule has 7 heteroatoms. The van der Waals surface area contributed by atoms with Gasteiger partial charge in [-0.2, -0.15) is 0 Å². The fourth-order valence-electron chi connectivity index (χ4n) is 1.45. The fraction of sp³-hybridized carbons (Fsp3) is 0.0833. The summed E-state index contributed by atoms with van der Waals surface area (Å²) in [6, 6.07) is 6.26. The average Bonchev–Trinajstić information content (AvgIpc) is 2.37. The monoisotopic (exact) mass is 323 g/mol. The number of anilines is 1. The number of pyridine rings is 1. The molecule has 0 atom stereocenters. The number of nitrogens with two attached hydrogens (primary N) is 1. The van der Waals surface area contributed by atoms with Gasteiger partial charge in [0, 0.05) is 12.3 Å². The van der Waals surface area contributed by atoms with Crippen LogP contribution in [0.1, 0.15) is 5.56 Å². The summed E-state index contributed by atoms with van der Waals surface area (Å²) in [6.45, 7) is 1.83. The first-order valence-electron chi connectivity index (χ1n) is 5.32. The molecule has 19 heavy (non-hydrogen) atoms. The van der Waals surface area contributed by atoms with Crippen LogP contribution in [0, 0.1) is 17.0 Å². The molecule has 0 amide bonds. The van der Waals surface area contributed by atoms with E-state index in [2.05, 4.69) is 20.9 Å². The summed E-state index contributed by atoms with van der Waals surface area (Å²) in [6.07, 6.45) is 1.56. The van der Waals surface area contributed by atoms with E-state index in [1.807, 2.05) is 6.92 Å². The molecular formula is C12H10BrN3O3. The number of benzene rings is 1. The van der Waals surface area contributed by atoms with Gasteiger partial charge in [0.1, 0.15) is 4.47 Å². The summed E-state index contributed by atoms with van der Waals surface area (Å²) < 4.78 is 5.78. The van der Waals surface area contributed by atoms with Crippen LogP contribution < -0.4 is 10.5 Å². The molecule has 0 aliphatic heterocycles. The van der Waals surface area contributed by atoms with Crippen LogP contribution in [0.3, 0.4) is 0 Å². The second-order valence-electron chi connectivity index (χ2n) is 3.80. The molecule has 1 aromatic heterocycles. The van der Waals surface area contributed by atoms with Gasteiger partial charge in [-0.25, -0.2) is 4.98 Å². The number of nitro benzene ring substituents is 1. The van der Waals surface area contributed by atoms with Crippen molar-refractivity contribution in [2.24, 2.45) is 0 Å². The first-order valence-corrected chi connectivity index (χ1v) is 6.12. The number of rotatable bonds is 3. The van der Waals surface area contributed by atoms with Crippen LogP contribution in [0.15, 0.2) is 34.9 Å². The predicted molar refractivity (Wildman–Crippen MR) is 74.3 cm³/mol. The van der Waals surface area contributed by atoms with Crippen molar-refractivity contribution in [1.29, 1.82) is 0 Å². The molecule has 1 aromatic carbocycles. The zero-order valence-corrected chi connectivity index (χ0v) is 11.5. The van der Waals surface area contributed by atoms with E-state index in [9.17, 15) is 10.1 Å². The number of aromatic nitrogens is 1. The zero-order valence-electron chi connectivity index (χ0n) is 9.96. The first-order chi connectivity index (χ1) is 9.00. The molecular weight excluding hydrogens is 314 g/mol. The predicted octanol–water partition coefficient (Wildman–Crippen LogP) is 3.44. The first kappa shape index (κ1) is 13.3. The Labute approximate surface area is 117 Å². The molecule has 0 fully saturated rings. The van der Waals surface area contributed by atoms with E-state index < -0.39 is 4.92 Å². The lowest BCUT2D eigenvalue weighted by atomic mass is 10.2. The third kappa shape index (κ3) is 2.65. The maximum absolute atomic E-state index is 10.8. The maximum Gasteiger partial charge on any atom is 0.287 e. The number of hydrogen-bond acceptors (Lipinski definition) is 5. The topological polar surface area (TPSA) is 91.3 Å². The van der Waals surface area contributed by atoms with Crippen LogP contribution in [-0.2, 0) is 0 Å². The normalized spacial score (nSPS) is 10.2. The van der Waals surface area contributed by atoms with Crippen LogP contribution >= 0.6 is 15.9 Å². The van der Waals surface area contributed by atoms with Crippen molar-refractivity contribution < 1.29 is 9.66 Å². The molecule has 0 radical (unpaired) electrons. The fourth-order valence-corrected chi connectivity index (χ4v) is 1.94. The van der Waals surface area contributed by atoms with Crippen molar-refractivity contribution in [3.05, 3.63) is 50.6 Å². The Bertz CT molecular complexity index is 646. The molecule has 0 bridgehead atoms. The lowest BCUT2D eigenvalue weighted by molar-refractivity contribution is -0.385. The number of hydrogen-bond donors (Lipinski definition) is 1. The van der Waals surface area contributed by atoms with E-state index in [1.54, 1.807) is 18.3 Å². The Morgan fingerprint density at radius 1 is 1.42 bits per heavy atom. The highest BCUT2D eigenvalue weighted by Crippen LogP contribution is 2.37. The van der Waals surface area contributed by atoms with Gasteiger partial charge in [0.25, 0.3) is 5.69 Å². The van der Waals surface area contributed by atoms with Gasteiger partial charge in [-0.1, -0.05) is 6.07 Å². The third-order valence-corrected chi connectivity index (χ3v) is 3.31. The molecule has 0 unspecified atom stereocenters. The molecule has 2 aromatic rings. The summed E-state index contributed by atoms with van der Waals surface area (Å²) in [5, 5.41) is 10.8. The molecule has 0 saturated carbocycles. The summed E-state index contributed by atoms with van der Waals surface area (Å²) in [5.41, 5.74) is 6.99. The van der Waals surface area contributed by atoms with Gasteiger partial charge >= 0.3 is 0 Å². The van der Waals surface area contributed by atoms with Gasteiger partial charge < -0.3 is 10.5 Å². The van der Waals surface area contributed by atoms with E-state index in [-0.39, 0.29) is 16.0 Å². The molecule has 2 rings (SSSR count). The molecule has 98 valence electrons. The summed E-state index contributed by atoms with van der Waals surface area (Å²) in [7, 11) is 0. The molecule has 0 spiro atoms. The Kier molecular flexibility index (Phi) is 3.66. The van der Waals surface area contributed by atoms with E-state index in [1.165, 1.54) is 12.1 Å². The second-order valence-corrected chi connectivity index (χ2v) is 4.59. The Morgan fingerprint density at radius 2 is 2.16 bits per heavy atom. The van der Waals surface area contributed by atoms with Crippen LogP contribution in [-0.4, -0.2) is 9.91 Å². The van der Waals surface area contributed by atoms with Crippen LogP contribution in [0.25, 0.3) is 0 Å². The van der Waals surface area contributed by atoms with Crippen LogP contribution in [0.5, 0.6) is 11.6 Å². The molecule has 0 aliphatic rings. The second kappa shape index (κ2) is 5.23. The van der Waals surface area contributed by atoms with Crippen LogP contribution in [0.4, 0.5) is 11.4 Å². The number of ether oxygens (including phenoxy) is 1. The highest BCUT2D eigenvalue weighted by atomic mass is 79.9. The number of aryl methyl sites for hydroxylation is 1. The van der Waals surface area contributed by atoms with E-state index >= 15 is 0 Å². The largest absolute Gasteiger partial charge is 0.436 e. The summed E-state index contributed by atoms with van der Waals surface area (Å²) in [5.74, 6) is 0.514. The molecule has 0 saturated heterocycles. The van der Waals surface area contributed by atoms with E-state index in [0.29, 0.717) is 11.4 Å². The lowest BCUT2D eigenvalue weighted by Crippen LogP contribution is -1.98. The van der Waals surface area contributed by atoms with Gasteiger partial charge in [0.2, 0.25) is 5.88 Å². The molecule has 6 nitrogen and oxygen atoms in total. The minimum Gasteiger partial charge on any atom is -0.436 e. The van der Waals surface area contributed by atoms with Crippen molar-refractivity contribution in [3.63, 3.8) is 0 Å². The smallest absolute Gasteiger partial charge is 0.287 e. The Morgan fingerprint density at radius 3 is 2.84 bits per heavy atom. The minimum atomic E-state index is -0.496. The van der Waals surface area contributed by atoms with Crippen molar-refractivity contribution in [3.8, 4) is 11.6 Å². The van der Waals surface area contributed by atoms with Crippen molar-refractivity contribution in [2.45, 2.75) is 6.92 Å². The van der Waals surface area contributed by atoms with Crippen molar-refractivity contribution in [1.82, 2.24) is 4.98 Å². The number of nitro groups is 1. The Balaban J connectivity index is 2.42. The van der Waals surface area contributed by atoms with Gasteiger partial charge in [-0.15, -0.1) is 0 Å². The van der Waals surface area contributed by atoms with E-state index in [0.717, 1.165) is 5.56 Å². The van der Waals surface area contributed by atoms with Crippen molar-refractivity contribution >= 4 is 27.3 Å². The maximum atomic E-state index is 10.8. The highest BCUT2D eigenvalue weighted by molar-refractivity contribution is 9.10. The number of nitrogens with zero attached hydrogens (tertiary/aromatic N) is 2. The van der Waals surface area contributed by atoms with Gasteiger partial charge in [0.15, 0.2) is 5.75 Å². The summed E-state index contributed by atoms with van der Waals surface area (Å²) in [4.78, 5) is 14.3. The highest BCUT2D eigenvalue weighted by Gasteiger charge is 2.17. The SMILES string of the molecule is Cc1ccnc(Oc2cccc([N+](=O)[O-])c2Br)c1N. The zero-order chi connectivity index (χ0) is 14.0. The van der Waals surface area contributed by atoms with Crippen LogP contribution in [0.2, 0.25) is 0 Å². The van der Waals surface area contributed by atoms with E-state index in [4.69, 9.17) is 10.5 Å². The molecule has 2 N–H and O–H groups in total.